The fourth-order valence-corrected chi connectivity index (χ4v) is 4.28. The molecule has 0 radical (unpaired) electrons. The molecule has 20 heavy (non-hydrogen) atoms. The second kappa shape index (κ2) is 4.41. The average molecular weight is 379 g/mol. The predicted molar refractivity (Wildman–Crippen MR) is 84.0 cm³/mol. The molecule has 3 nitrogen and oxygen atoms in total. The zero-order valence-corrected chi connectivity index (χ0v) is 13.0. The van der Waals surface area contributed by atoms with Crippen LogP contribution in [0.5, 0.6) is 0 Å². The fraction of sp³-hybridized carbons (Fsp3) is 0.375. The van der Waals surface area contributed by atoms with Crippen LogP contribution in [0.1, 0.15) is 12.8 Å². The highest BCUT2D eigenvalue weighted by Gasteiger charge is 2.56. The van der Waals surface area contributed by atoms with E-state index in [4.69, 9.17) is 0 Å². The third-order valence-corrected chi connectivity index (χ3v) is 5.56. The Bertz CT molecular complexity index is 590. The van der Waals surface area contributed by atoms with Gasteiger partial charge in [0, 0.05) is 3.57 Å². The van der Waals surface area contributed by atoms with Gasteiger partial charge in [0.25, 0.3) is 0 Å². The molecule has 0 unspecified atom stereocenters. The van der Waals surface area contributed by atoms with E-state index in [1.54, 1.807) is 0 Å². The standard InChI is InChI=1S/C16H14INO2/c17-11-5-7-12(8-6-11)18-15(19)13-9-1-2-10(4-3-9)14(13)16(18)20/h1-2,5-10,13-14H,3-4H2/t9-,10-,13+,14+/m0/s1. The first-order valence-corrected chi connectivity index (χ1v) is 8.06. The van der Waals surface area contributed by atoms with Crippen LogP contribution in [0.25, 0.3) is 0 Å². The second-order valence-corrected chi connectivity index (χ2v) is 7.08. The van der Waals surface area contributed by atoms with E-state index in [1.165, 1.54) is 4.90 Å². The summed E-state index contributed by atoms with van der Waals surface area (Å²) in [5, 5.41) is 0. The number of rotatable bonds is 1. The predicted octanol–water partition coefficient (Wildman–Crippen LogP) is 2.99. The van der Waals surface area contributed by atoms with Crippen LogP contribution in [0.3, 0.4) is 0 Å². The molecule has 5 rings (SSSR count). The highest BCUT2D eigenvalue weighted by Crippen LogP contribution is 2.50. The maximum Gasteiger partial charge on any atom is 0.238 e. The quantitative estimate of drug-likeness (QED) is 0.428. The summed E-state index contributed by atoms with van der Waals surface area (Å²) < 4.78 is 1.10. The molecule has 0 N–H and O–H groups in total. The summed E-state index contributed by atoms with van der Waals surface area (Å²) in [6, 6.07) is 7.60. The Labute approximate surface area is 131 Å². The third kappa shape index (κ3) is 1.63. The molecule has 1 heterocycles. The minimum Gasteiger partial charge on any atom is -0.274 e. The van der Waals surface area contributed by atoms with E-state index >= 15 is 0 Å². The smallest absolute Gasteiger partial charge is 0.238 e. The molecule has 0 aromatic heterocycles. The van der Waals surface area contributed by atoms with E-state index in [9.17, 15) is 9.59 Å². The van der Waals surface area contributed by atoms with Gasteiger partial charge in [-0.2, -0.15) is 0 Å². The summed E-state index contributed by atoms with van der Waals surface area (Å²) in [5.41, 5.74) is 0.717. The first-order valence-electron chi connectivity index (χ1n) is 6.98. The zero-order valence-electron chi connectivity index (χ0n) is 10.8. The van der Waals surface area contributed by atoms with Crippen molar-refractivity contribution in [3.05, 3.63) is 40.0 Å². The van der Waals surface area contributed by atoms with Crippen LogP contribution in [-0.2, 0) is 9.59 Å². The van der Waals surface area contributed by atoms with Gasteiger partial charge in [0.05, 0.1) is 17.5 Å². The minimum absolute atomic E-state index is 0.000239. The summed E-state index contributed by atoms with van der Waals surface area (Å²) >= 11 is 2.22. The number of benzene rings is 1. The van der Waals surface area contributed by atoms with Gasteiger partial charge in [-0.3, -0.25) is 14.5 Å². The van der Waals surface area contributed by atoms with Gasteiger partial charge < -0.3 is 0 Å². The summed E-state index contributed by atoms with van der Waals surface area (Å²) in [4.78, 5) is 26.8. The van der Waals surface area contributed by atoms with E-state index < -0.39 is 0 Å². The molecular weight excluding hydrogens is 365 g/mol. The van der Waals surface area contributed by atoms with E-state index in [2.05, 4.69) is 34.7 Å². The molecule has 4 atom stereocenters. The van der Waals surface area contributed by atoms with Crippen LogP contribution < -0.4 is 4.90 Å². The highest BCUT2D eigenvalue weighted by molar-refractivity contribution is 14.1. The molecular formula is C16H14INO2. The SMILES string of the molecule is O=C1[C@H]2[C@H](C(=O)N1c1ccc(I)cc1)[C@H]1C=C[C@H]2CC1. The van der Waals surface area contributed by atoms with E-state index in [-0.39, 0.29) is 35.5 Å². The largest absolute Gasteiger partial charge is 0.274 e. The number of nitrogens with zero attached hydrogens (tertiary/aromatic N) is 1. The summed E-state index contributed by atoms with van der Waals surface area (Å²) in [5.74, 6) is 0.280. The van der Waals surface area contributed by atoms with Crippen LogP contribution in [0.15, 0.2) is 36.4 Å². The van der Waals surface area contributed by atoms with Crippen molar-refractivity contribution in [3.63, 3.8) is 0 Å². The molecule has 1 aliphatic heterocycles. The molecule has 1 aromatic rings. The molecule has 4 aliphatic rings. The second-order valence-electron chi connectivity index (χ2n) is 5.83. The zero-order chi connectivity index (χ0) is 13.9. The minimum atomic E-state index is -0.120. The van der Waals surface area contributed by atoms with Gasteiger partial charge in [0.15, 0.2) is 0 Å². The van der Waals surface area contributed by atoms with Crippen molar-refractivity contribution in [3.8, 4) is 0 Å². The number of halogens is 1. The first kappa shape index (κ1) is 12.6. The highest BCUT2D eigenvalue weighted by atomic mass is 127. The van der Waals surface area contributed by atoms with Crippen molar-refractivity contribution in [2.24, 2.45) is 23.7 Å². The van der Waals surface area contributed by atoms with Gasteiger partial charge in [0.1, 0.15) is 0 Å². The summed E-state index contributed by atoms with van der Waals surface area (Å²) in [6.07, 6.45) is 6.39. The molecule has 2 fully saturated rings. The lowest BCUT2D eigenvalue weighted by atomic mass is 9.63. The number of allylic oxidation sites excluding steroid dienone is 2. The van der Waals surface area contributed by atoms with Gasteiger partial charge in [-0.15, -0.1) is 0 Å². The molecule has 2 bridgehead atoms. The van der Waals surface area contributed by atoms with Crippen LogP contribution in [0, 0.1) is 27.2 Å². The van der Waals surface area contributed by atoms with Crippen LogP contribution in [-0.4, -0.2) is 11.8 Å². The lowest BCUT2D eigenvalue weighted by Crippen LogP contribution is -2.38. The Morgan fingerprint density at radius 1 is 0.900 bits per heavy atom. The summed E-state index contributed by atoms with van der Waals surface area (Å²) in [6.45, 7) is 0. The molecule has 4 heteroatoms. The van der Waals surface area contributed by atoms with Gasteiger partial charge in [-0.05, 0) is 71.5 Å². The van der Waals surface area contributed by atoms with Gasteiger partial charge in [-0.25, -0.2) is 0 Å². The Morgan fingerprint density at radius 2 is 1.40 bits per heavy atom. The topological polar surface area (TPSA) is 37.4 Å². The number of hydrogen-bond donors (Lipinski definition) is 0. The van der Waals surface area contributed by atoms with E-state index in [0.717, 1.165) is 16.4 Å². The molecule has 0 spiro atoms. The number of hydrogen-bond acceptors (Lipinski definition) is 2. The number of carbonyl (C=O) groups is 2. The average Bonchev–Trinajstić information content (AvgIpc) is 2.76. The third-order valence-electron chi connectivity index (χ3n) is 4.84. The number of carbonyl (C=O) groups excluding carboxylic acids is 2. The van der Waals surface area contributed by atoms with Crippen molar-refractivity contribution in [2.75, 3.05) is 4.90 Å². The maximum atomic E-state index is 12.7. The number of imide groups is 1. The van der Waals surface area contributed by atoms with Crippen LogP contribution >= 0.6 is 22.6 Å². The molecule has 1 aromatic carbocycles. The van der Waals surface area contributed by atoms with Crippen LogP contribution in [0.2, 0.25) is 0 Å². The first-order chi connectivity index (χ1) is 9.66. The van der Waals surface area contributed by atoms with Crippen LogP contribution in [0.4, 0.5) is 5.69 Å². The van der Waals surface area contributed by atoms with E-state index in [1.807, 2.05) is 24.3 Å². The molecule has 102 valence electrons. The van der Waals surface area contributed by atoms with Crippen molar-refractivity contribution in [1.29, 1.82) is 0 Å². The number of anilines is 1. The maximum absolute atomic E-state index is 12.7. The van der Waals surface area contributed by atoms with Gasteiger partial charge in [-0.1, -0.05) is 12.2 Å². The Hall–Kier alpha value is -1.17. The lowest BCUT2D eigenvalue weighted by Gasteiger charge is -2.38. The molecule has 1 saturated heterocycles. The van der Waals surface area contributed by atoms with Crippen molar-refractivity contribution < 1.29 is 9.59 Å². The van der Waals surface area contributed by atoms with Crippen molar-refractivity contribution >= 4 is 40.1 Å². The van der Waals surface area contributed by atoms with Crippen molar-refractivity contribution in [2.45, 2.75) is 12.8 Å². The normalized spacial score (nSPS) is 34.8. The monoisotopic (exact) mass is 379 g/mol. The number of amides is 2. The van der Waals surface area contributed by atoms with Crippen molar-refractivity contribution in [1.82, 2.24) is 0 Å². The summed E-state index contributed by atoms with van der Waals surface area (Å²) in [7, 11) is 0. The molecule has 1 saturated carbocycles. The Morgan fingerprint density at radius 3 is 1.85 bits per heavy atom. The van der Waals surface area contributed by atoms with Gasteiger partial charge in [0.2, 0.25) is 11.8 Å². The molecule has 2 amide bonds. The lowest BCUT2D eigenvalue weighted by molar-refractivity contribution is -0.124. The van der Waals surface area contributed by atoms with E-state index in [0.29, 0.717) is 5.69 Å². The Kier molecular flexibility index (Phi) is 2.77. The molecule has 3 aliphatic carbocycles. The fourth-order valence-electron chi connectivity index (χ4n) is 3.92. The Balaban J connectivity index is 1.75. The number of fused-ring (bicyclic) bond motifs is 1. The van der Waals surface area contributed by atoms with Gasteiger partial charge >= 0.3 is 0 Å².